The van der Waals surface area contributed by atoms with Gasteiger partial charge in [0.2, 0.25) is 5.91 Å². The third-order valence-electron chi connectivity index (χ3n) is 5.96. The Morgan fingerprint density at radius 2 is 2.10 bits per heavy atom. The maximum Gasteiger partial charge on any atom is 0.274 e. The third kappa shape index (κ3) is 4.16. The summed E-state index contributed by atoms with van der Waals surface area (Å²) in [6, 6.07) is 7.55. The summed E-state index contributed by atoms with van der Waals surface area (Å²) in [7, 11) is 1.64. The first-order valence-electron chi connectivity index (χ1n) is 10.3. The minimum absolute atomic E-state index is 0.0988. The van der Waals surface area contributed by atoms with Gasteiger partial charge in [-0.05, 0) is 32.3 Å². The highest BCUT2D eigenvalue weighted by Crippen LogP contribution is 2.30. The van der Waals surface area contributed by atoms with E-state index in [-0.39, 0.29) is 35.6 Å². The molecule has 4 rings (SSSR count). The second-order valence-electron chi connectivity index (χ2n) is 7.84. The average molecular weight is 413 g/mol. The molecule has 2 aromatic rings. The summed E-state index contributed by atoms with van der Waals surface area (Å²) in [5.41, 5.74) is 1.81. The predicted molar refractivity (Wildman–Crippen MR) is 108 cm³/mol. The van der Waals surface area contributed by atoms with Crippen LogP contribution in [0.2, 0.25) is 0 Å². The van der Waals surface area contributed by atoms with Crippen LogP contribution >= 0.6 is 0 Å². The number of rotatable bonds is 4. The van der Waals surface area contributed by atoms with Crippen molar-refractivity contribution in [3.05, 3.63) is 41.2 Å². The SMILES string of the molecule is COC1CCC(C(=O)N2CCOc3ccccc3C2)CC1NC(=O)c1n[nH]nc1C. The molecule has 1 aromatic carbocycles. The molecule has 2 aliphatic rings. The predicted octanol–water partition coefficient (Wildman–Crippen LogP) is 1.45. The van der Waals surface area contributed by atoms with Gasteiger partial charge in [-0.2, -0.15) is 15.4 Å². The molecule has 1 aromatic heterocycles. The van der Waals surface area contributed by atoms with Crippen LogP contribution in [-0.4, -0.2) is 64.5 Å². The van der Waals surface area contributed by atoms with Crippen molar-refractivity contribution in [3.8, 4) is 5.75 Å². The van der Waals surface area contributed by atoms with Gasteiger partial charge in [0.05, 0.1) is 24.4 Å². The zero-order chi connectivity index (χ0) is 21.1. The molecule has 0 spiro atoms. The highest BCUT2D eigenvalue weighted by Gasteiger charge is 2.37. The van der Waals surface area contributed by atoms with E-state index >= 15 is 0 Å². The Bertz CT molecular complexity index is 914. The van der Waals surface area contributed by atoms with Gasteiger partial charge in [-0.3, -0.25) is 9.59 Å². The van der Waals surface area contributed by atoms with E-state index in [9.17, 15) is 9.59 Å². The molecule has 9 heteroatoms. The van der Waals surface area contributed by atoms with Crippen molar-refractivity contribution in [3.63, 3.8) is 0 Å². The number of benzene rings is 1. The Morgan fingerprint density at radius 1 is 1.27 bits per heavy atom. The van der Waals surface area contributed by atoms with Crippen LogP contribution in [0.1, 0.15) is 41.0 Å². The summed E-state index contributed by atoms with van der Waals surface area (Å²) < 4.78 is 11.4. The van der Waals surface area contributed by atoms with Gasteiger partial charge in [0, 0.05) is 25.1 Å². The van der Waals surface area contributed by atoms with Gasteiger partial charge in [0.25, 0.3) is 5.91 Å². The molecule has 0 bridgehead atoms. The summed E-state index contributed by atoms with van der Waals surface area (Å²) in [5, 5.41) is 13.3. The quantitative estimate of drug-likeness (QED) is 0.785. The van der Waals surface area contributed by atoms with E-state index in [1.54, 1.807) is 14.0 Å². The summed E-state index contributed by atoms with van der Waals surface area (Å²) in [6.07, 6.45) is 1.82. The van der Waals surface area contributed by atoms with Gasteiger partial charge >= 0.3 is 0 Å². The molecule has 1 fully saturated rings. The number of carbonyl (C=O) groups is 2. The van der Waals surface area contributed by atoms with E-state index in [0.29, 0.717) is 38.2 Å². The Kier molecular flexibility index (Phi) is 5.98. The van der Waals surface area contributed by atoms with Crippen LogP contribution in [0.5, 0.6) is 5.75 Å². The van der Waals surface area contributed by atoms with Gasteiger partial charge in [-0.1, -0.05) is 18.2 Å². The van der Waals surface area contributed by atoms with Crippen molar-refractivity contribution >= 4 is 11.8 Å². The number of fused-ring (bicyclic) bond motifs is 1. The molecule has 3 unspecified atom stereocenters. The van der Waals surface area contributed by atoms with Crippen LogP contribution in [0.25, 0.3) is 0 Å². The molecular weight excluding hydrogens is 386 g/mol. The Balaban J connectivity index is 1.45. The standard InChI is InChI=1S/C21H27N5O4/c1-13-19(24-25-23-13)20(27)22-16-11-14(7-8-18(16)29-2)21(28)26-9-10-30-17-6-4-3-5-15(17)12-26/h3-6,14,16,18H,7-12H2,1-2H3,(H,22,27)(H,23,24,25). The van der Waals surface area contributed by atoms with Crippen LogP contribution in [-0.2, 0) is 16.1 Å². The lowest BCUT2D eigenvalue weighted by atomic mass is 9.82. The van der Waals surface area contributed by atoms with E-state index < -0.39 is 0 Å². The second kappa shape index (κ2) is 8.83. The number of hydrogen-bond donors (Lipinski definition) is 2. The molecule has 2 heterocycles. The Morgan fingerprint density at radius 3 is 2.87 bits per heavy atom. The van der Waals surface area contributed by atoms with E-state index in [4.69, 9.17) is 9.47 Å². The molecule has 0 radical (unpaired) electrons. The molecule has 2 N–H and O–H groups in total. The number of nitrogens with zero attached hydrogens (tertiary/aromatic N) is 3. The highest BCUT2D eigenvalue weighted by molar-refractivity contribution is 5.93. The number of amides is 2. The maximum absolute atomic E-state index is 13.3. The van der Waals surface area contributed by atoms with Crippen LogP contribution in [0.4, 0.5) is 0 Å². The number of aromatic nitrogens is 3. The zero-order valence-corrected chi connectivity index (χ0v) is 17.3. The first kappa shape index (κ1) is 20.3. The topological polar surface area (TPSA) is 109 Å². The second-order valence-corrected chi connectivity index (χ2v) is 7.84. The lowest BCUT2D eigenvalue weighted by Crippen LogP contribution is -2.51. The molecule has 1 aliphatic heterocycles. The largest absolute Gasteiger partial charge is 0.491 e. The lowest BCUT2D eigenvalue weighted by Gasteiger charge is -2.36. The molecule has 9 nitrogen and oxygen atoms in total. The summed E-state index contributed by atoms with van der Waals surface area (Å²) in [6.45, 7) is 3.28. The van der Waals surface area contributed by atoms with Crippen LogP contribution in [0.15, 0.2) is 24.3 Å². The lowest BCUT2D eigenvalue weighted by molar-refractivity contribution is -0.138. The minimum atomic E-state index is -0.307. The molecule has 1 saturated carbocycles. The fourth-order valence-corrected chi connectivity index (χ4v) is 4.31. The van der Waals surface area contributed by atoms with Crippen molar-refractivity contribution in [1.82, 2.24) is 25.6 Å². The molecular formula is C21H27N5O4. The van der Waals surface area contributed by atoms with E-state index in [0.717, 1.165) is 17.7 Å². The fraction of sp³-hybridized carbons (Fsp3) is 0.524. The van der Waals surface area contributed by atoms with Crippen molar-refractivity contribution < 1.29 is 19.1 Å². The van der Waals surface area contributed by atoms with Crippen molar-refractivity contribution in [2.45, 2.75) is 44.9 Å². The molecule has 30 heavy (non-hydrogen) atoms. The zero-order valence-electron chi connectivity index (χ0n) is 17.3. The van der Waals surface area contributed by atoms with Crippen molar-refractivity contribution in [2.24, 2.45) is 5.92 Å². The highest BCUT2D eigenvalue weighted by atomic mass is 16.5. The maximum atomic E-state index is 13.3. The average Bonchev–Trinajstić information content (AvgIpc) is 3.07. The summed E-state index contributed by atoms with van der Waals surface area (Å²) in [4.78, 5) is 27.8. The summed E-state index contributed by atoms with van der Waals surface area (Å²) >= 11 is 0. The van der Waals surface area contributed by atoms with Gasteiger partial charge in [-0.25, -0.2) is 0 Å². The first-order chi connectivity index (χ1) is 14.6. The van der Waals surface area contributed by atoms with E-state index in [1.807, 2.05) is 29.2 Å². The number of ether oxygens (including phenoxy) is 2. The van der Waals surface area contributed by atoms with E-state index in [1.165, 1.54) is 0 Å². The first-order valence-corrected chi connectivity index (χ1v) is 10.3. The van der Waals surface area contributed by atoms with Crippen molar-refractivity contribution in [2.75, 3.05) is 20.3 Å². The van der Waals surface area contributed by atoms with Gasteiger partial charge in [0.15, 0.2) is 5.69 Å². The number of H-pyrrole nitrogens is 1. The van der Waals surface area contributed by atoms with Crippen LogP contribution < -0.4 is 10.1 Å². The minimum Gasteiger partial charge on any atom is -0.491 e. The van der Waals surface area contributed by atoms with Gasteiger partial charge in [0.1, 0.15) is 12.4 Å². The number of aromatic amines is 1. The van der Waals surface area contributed by atoms with Crippen molar-refractivity contribution in [1.29, 1.82) is 0 Å². The molecule has 1 aliphatic carbocycles. The molecule has 3 atom stereocenters. The van der Waals surface area contributed by atoms with Gasteiger partial charge in [-0.15, -0.1) is 0 Å². The number of nitrogens with one attached hydrogen (secondary N) is 2. The van der Waals surface area contributed by atoms with E-state index in [2.05, 4.69) is 20.7 Å². The number of carbonyl (C=O) groups excluding carboxylic acids is 2. The Hall–Kier alpha value is -2.94. The third-order valence-corrected chi connectivity index (χ3v) is 5.96. The van der Waals surface area contributed by atoms with Gasteiger partial charge < -0.3 is 19.7 Å². The number of hydrogen-bond acceptors (Lipinski definition) is 6. The smallest absolute Gasteiger partial charge is 0.274 e. The van der Waals surface area contributed by atoms with Crippen LogP contribution in [0.3, 0.4) is 0 Å². The summed E-state index contributed by atoms with van der Waals surface area (Å²) in [5.74, 6) is 0.453. The number of para-hydroxylation sites is 1. The Labute approximate surface area is 175 Å². The number of aryl methyl sites for hydroxylation is 1. The monoisotopic (exact) mass is 413 g/mol. The fourth-order valence-electron chi connectivity index (χ4n) is 4.31. The van der Waals surface area contributed by atoms with Crippen LogP contribution in [0, 0.1) is 12.8 Å². The molecule has 0 saturated heterocycles. The molecule has 2 amide bonds. The molecule has 160 valence electrons. The number of methoxy groups -OCH3 is 1. The normalized spacial score (nSPS) is 23.8.